The molecule has 2 N–H and O–H groups in total. The third kappa shape index (κ3) is 4.12. The van der Waals surface area contributed by atoms with E-state index in [1.54, 1.807) is 30.5 Å². The SMILES string of the molecule is O=C(NC[C@@H](c1ccco1)N1CCc2ccccc21)C(=O)Nc1ccccc1Cl. The number of nitrogens with zero attached hydrogens (tertiary/aromatic N) is 1. The number of halogens is 1. The Morgan fingerprint density at radius 2 is 1.83 bits per heavy atom. The van der Waals surface area contributed by atoms with Gasteiger partial charge in [0.1, 0.15) is 11.8 Å². The average Bonchev–Trinajstić information content (AvgIpc) is 3.40. The minimum absolute atomic E-state index is 0.217. The minimum atomic E-state index is -0.766. The predicted molar refractivity (Wildman–Crippen MR) is 112 cm³/mol. The number of benzene rings is 2. The van der Waals surface area contributed by atoms with E-state index in [9.17, 15) is 9.59 Å². The third-order valence-corrected chi connectivity index (χ3v) is 5.28. The number of amides is 2. The molecule has 2 aromatic carbocycles. The highest BCUT2D eigenvalue weighted by molar-refractivity contribution is 6.41. The van der Waals surface area contributed by atoms with Gasteiger partial charge in [0.15, 0.2) is 0 Å². The first-order valence-electron chi connectivity index (χ1n) is 9.35. The monoisotopic (exact) mass is 409 g/mol. The zero-order valence-corrected chi connectivity index (χ0v) is 16.4. The Bertz CT molecular complexity index is 1020. The Hall–Kier alpha value is -3.25. The van der Waals surface area contributed by atoms with Crippen LogP contribution in [0.1, 0.15) is 17.4 Å². The Labute approximate surface area is 173 Å². The predicted octanol–water partition coefficient (Wildman–Crippen LogP) is 3.79. The van der Waals surface area contributed by atoms with Gasteiger partial charge in [0.2, 0.25) is 0 Å². The number of carbonyl (C=O) groups is 2. The van der Waals surface area contributed by atoms with Gasteiger partial charge in [0.25, 0.3) is 0 Å². The number of rotatable bonds is 5. The van der Waals surface area contributed by atoms with Crippen molar-refractivity contribution >= 4 is 34.8 Å². The van der Waals surface area contributed by atoms with Crippen molar-refractivity contribution in [2.24, 2.45) is 0 Å². The molecule has 2 heterocycles. The number of hydrogen-bond donors (Lipinski definition) is 2. The Kier molecular flexibility index (Phi) is 5.53. The molecule has 0 saturated carbocycles. The van der Waals surface area contributed by atoms with E-state index < -0.39 is 11.8 Å². The standard InChI is InChI=1S/C22H20ClN3O3/c23-16-7-2-3-8-17(16)25-22(28)21(27)24-14-19(20-10-5-13-29-20)26-12-11-15-6-1-4-9-18(15)26/h1-10,13,19H,11-12,14H2,(H,24,27)(H,25,28)/t19-/m0/s1. The maximum atomic E-state index is 12.4. The van der Waals surface area contributed by atoms with E-state index >= 15 is 0 Å². The minimum Gasteiger partial charge on any atom is -0.467 e. The van der Waals surface area contributed by atoms with Crippen LogP contribution in [-0.4, -0.2) is 24.9 Å². The van der Waals surface area contributed by atoms with Crippen molar-refractivity contribution in [1.29, 1.82) is 0 Å². The van der Waals surface area contributed by atoms with Gasteiger partial charge in [-0.2, -0.15) is 0 Å². The first kappa shape index (κ1) is 19.1. The second-order valence-corrected chi connectivity index (χ2v) is 7.15. The van der Waals surface area contributed by atoms with Crippen LogP contribution < -0.4 is 15.5 Å². The number of hydrogen-bond acceptors (Lipinski definition) is 4. The van der Waals surface area contributed by atoms with Crippen molar-refractivity contribution in [3.63, 3.8) is 0 Å². The lowest BCUT2D eigenvalue weighted by atomic mass is 10.1. The van der Waals surface area contributed by atoms with E-state index in [1.165, 1.54) is 5.56 Å². The molecule has 0 bridgehead atoms. The molecule has 1 aliphatic rings. The van der Waals surface area contributed by atoms with Gasteiger partial charge < -0.3 is 20.0 Å². The molecule has 0 aliphatic carbocycles. The summed E-state index contributed by atoms with van der Waals surface area (Å²) in [5, 5.41) is 5.63. The number of furan rings is 1. The van der Waals surface area contributed by atoms with Crippen molar-refractivity contribution in [3.05, 3.63) is 83.3 Å². The van der Waals surface area contributed by atoms with Crippen molar-refractivity contribution in [3.8, 4) is 0 Å². The summed E-state index contributed by atoms with van der Waals surface area (Å²) in [5.41, 5.74) is 2.76. The Balaban J connectivity index is 1.46. The molecule has 4 rings (SSSR count). The second kappa shape index (κ2) is 8.41. The molecule has 2 amide bonds. The lowest BCUT2D eigenvalue weighted by Crippen LogP contribution is -2.41. The van der Waals surface area contributed by atoms with Gasteiger partial charge in [-0.1, -0.05) is 41.9 Å². The van der Waals surface area contributed by atoms with E-state index in [0.717, 1.165) is 24.4 Å². The van der Waals surface area contributed by atoms with Gasteiger partial charge in [-0.3, -0.25) is 9.59 Å². The quantitative estimate of drug-likeness (QED) is 0.629. The molecule has 0 unspecified atom stereocenters. The van der Waals surface area contributed by atoms with Crippen LogP contribution in [0.4, 0.5) is 11.4 Å². The van der Waals surface area contributed by atoms with Crippen LogP contribution in [0.15, 0.2) is 71.3 Å². The Morgan fingerprint density at radius 3 is 2.62 bits per heavy atom. The molecule has 1 atom stereocenters. The van der Waals surface area contributed by atoms with Crippen molar-refractivity contribution in [1.82, 2.24) is 5.32 Å². The topological polar surface area (TPSA) is 74.6 Å². The van der Waals surface area contributed by atoms with E-state index in [0.29, 0.717) is 10.7 Å². The Morgan fingerprint density at radius 1 is 1.03 bits per heavy atom. The molecule has 0 radical (unpaired) electrons. The van der Waals surface area contributed by atoms with Crippen LogP contribution in [0.2, 0.25) is 5.02 Å². The summed E-state index contributed by atoms with van der Waals surface area (Å²) >= 11 is 6.04. The summed E-state index contributed by atoms with van der Waals surface area (Å²) in [6, 6.07) is 18.4. The van der Waals surface area contributed by atoms with Gasteiger partial charge in [-0.05, 0) is 42.3 Å². The first-order valence-corrected chi connectivity index (χ1v) is 9.73. The molecule has 0 saturated heterocycles. The van der Waals surface area contributed by atoms with E-state index in [-0.39, 0.29) is 12.6 Å². The summed E-state index contributed by atoms with van der Waals surface area (Å²) in [4.78, 5) is 26.8. The van der Waals surface area contributed by atoms with Crippen LogP contribution in [0.5, 0.6) is 0 Å². The van der Waals surface area contributed by atoms with Crippen molar-refractivity contribution in [2.75, 3.05) is 23.3 Å². The van der Waals surface area contributed by atoms with Crippen LogP contribution in [0, 0.1) is 0 Å². The number of nitrogens with one attached hydrogen (secondary N) is 2. The van der Waals surface area contributed by atoms with E-state index in [1.807, 2.05) is 24.3 Å². The molecule has 1 aromatic heterocycles. The fraction of sp³-hybridized carbons (Fsp3) is 0.182. The van der Waals surface area contributed by atoms with Gasteiger partial charge in [-0.25, -0.2) is 0 Å². The van der Waals surface area contributed by atoms with Crippen molar-refractivity contribution < 1.29 is 14.0 Å². The van der Waals surface area contributed by atoms with Gasteiger partial charge >= 0.3 is 11.8 Å². The molecular formula is C22H20ClN3O3. The molecule has 0 spiro atoms. The summed E-state index contributed by atoms with van der Waals surface area (Å²) in [6.07, 6.45) is 2.53. The molecular weight excluding hydrogens is 390 g/mol. The molecule has 148 valence electrons. The number of para-hydroxylation sites is 2. The molecule has 7 heteroatoms. The fourth-order valence-electron chi connectivity index (χ4n) is 3.54. The smallest absolute Gasteiger partial charge is 0.313 e. The molecule has 3 aromatic rings. The van der Waals surface area contributed by atoms with Gasteiger partial charge in [-0.15, -0.1) is 0 Å². The maximum Gasteiger partial charge on any atom is 0.313 e. The average molecular weight is 410 g/mol. The molecule has 0 fully saturated rings. The lowest BCUT2D eigenvalue weighted by molar-refractivity contribution is -0.136. The number of anilines is 2. The second-order valence-electron chi connectivity index (χ2n) is 6.75. The maximum absolute atomic E-state index is 12.4. The lowest BCUT2D eigenvalue weighted by Gasteiger charge is -2.29. The highest BCUT2D eigenvalue weighted by Gasteiger charge is 2.29. The number of carbonyl (C=O) groups excluding carboxylic acids is 2. The summed E-state index contributed by atoms with van der Waals surface area (Å²) in [6.45, 7) is 1.04. The summed E-state index contributed by atoms with van der Waals surface area (Å²) in [5.74, 6) is -0.763. The van der Waals surface area contributed by atoms with Crippen LogP contribution in [-0.2, 0) is 16.0 Å². The van der Waals surface area contributed by atoms with Crippen LogP contribution >= 0.6 is 11.6 Å². The molecule has 6 nitrogen and oxygen atoms in total. The summed E-state index contributed by atoms with van der Waals surface area (Å²) in [7, 11) is 0. The zero-order chi connectivity index (χ0) is 20.2. The fourth-order valence-corrected chi connectivity index (χ4v) is 3.73. The highest BCUT2D eigenvalue weighted by Crippen LogP contribution is 2.34. The largest absolute Gasteiger partial charge is 0.467 e. The third-order valence-electron chi connectivity index (χ3n) is 4.96. The van der Waals surface area contributed by atoms with Gasteiger partial charge in [0.05, 0.1) is 17.0 Å². The molecule has 1 aliphatic heterocycles. The highest BCUT2D eigenvalue weighted by atomic mass is 35.5. The van der Waals surface area contributed by atoms with Gasteiger partial charge in [0, 0.05) is 18.8 Å². The molecule has 29 heavy (non-hydrogen) atoms. The van der Waals surface area contributed by atoms with Crippen LogP contribution in [0.3, 0.4) is 0 Å². The van der Waals surface area contributed by atoms with Crippen molar-refractivity contribution in [2.45, 2.75) is 12.5 Å². The zero-order valence-electron chi connectivity index (χ0n) is 15.6. The number of fused-ring (bicyclic) bond motifs is 1. The summed E-state index contributed by atoms with van der Waals surface area (Å²) < 4.78 is 5.62. The van der Waals surface area contributed by atoms with Crippen LogP contribution in [0.25, 0.3) is 0 Å². The normalized spacial score (nSPS) is 13.6. The first-order chi connectivity index (χ1) is 14.1. The van der Waals surface area contributed by atoms with E-state index in [4.69, 9.17) is 16.0 Å². The van der Waals surface area contributed by atoms with E-state index in [2.05, 4.69) is 27.7 Å².